The van der Waals surface area contributed by atoms with Gasteiger partial charge in [0.2, 0.25) is 0 Å². The lowest BCUT2D eigenvalue weighted by Crippen LogP contribution is -2.20. The predicted molar refractivity (Wildman–Crippen MR) is 34.6 cm³/mol. The molecule has 0 bridgehead atoms. The van der Waals surface area contributed by atoms with E-state index < -0.39 is 6.17 Å². The minimum atomic E-state index is -0.650. The van der Waals surface area contributed by atoms with Gasteiger partial charge in [0, 0.05) is 0 Å². The van der Waals surface area contributed by atoms with Crippen LogP contribution in [0.4, 0.5) is 4.39 Å². The monoisotopic (exact) mass is 118 g/mol. The number of hydrogen-bond acceptors (Lipinski definition) is 0. The number of halogens is 1. The summed E-state index contributed by atoms with van der Waals surface area (Å²) < 4.78 is 12.6. The Kier molecular flexibility index (Phi) is 2.45. The summed E-state index contributed by atoms with van der Waals surface area (Å²) in [4.78, 5) is 0. The zero-order chi connectivity index (χ0) is 6.78. The van der Waals surface area contributed by atoms with E-state index >= 15 is 0 Å². The Hall–Kier alpha value is -0.0700. The van der Waals surface area contributed by atoms with Crippen molar-refractivity contribution in [2.24, 2.45) is 5.41 Å². The summed E-state index contributed by atoms with van der Waals surface area (Å²) >= 11 is 0. The van der Waals surface area contributed by atoms with Gasteiger partial charge < -0.3 is 0 Å². The van der Waals surface area contributed by atoms with Gasteiger partial charge in [-0.25, -0.2) is 4.39 Å². The van der Waals surface area contributed by atoms with Gasteiger partial charge in [0.1, 0.15) is 6.17 Å². The average Bonchev–Trinajstić information content (AvgIpc) is 1.62. The van der Waals surface area contributed by atoms with E-state index in [1.54, 1.807) is 0 Å². The summed E-state index contributed by atoms with van der Waals surface area (Å²) in [7, 11) is 0. The highest BCUT2D eigenvalue weighted by atomic mass is 19.1. The summed E-state index contributed by atoms with van der Waals surface area (Å²) in [5.74, 6) is 0. The first kappa shape index (κ1) is 7.93. The average molecular weight is 118 g/mol. The molecule has 0 radical (unpaired) electrons. The largest absolute Gasteiger partial charge is 0.247 e. The topological polar surface area (TPSA) is 0 Å². The molecule has 0 rings (SSSR count). The van der Waals surface area contributed by atoms with Crippen LogP contribution in [0, 0.1) is 5.41 Å². The highest BCUT2D eigenvalue weighted by molar-refractivity contribution is 4.70. The Morgan fingerprint density at radius 2 is 1.75 bits per heavy atom. The van der Waals surface area contributed by atoms with E-state index in [1.165, 1.54) is 0 Å². The van der Waals surface area contributed by atoms with E-state index in [-0.39, 0.29) is 5.41 Å². The van der Waals surface area contributed by atoms with E-state index in [2.05, 4.69) is 0 Å². The van der Waals surface area contributed by atoms with Crippen molar-refractivity contribution >= 4 is 0 Å². The number of hydrogen-bond donors (Lipinski definition) is 0. The van der Waals surface area contributed by atoms with Crippen LogP contribution in [-0.4, -0.2) is 6.17 Å². The van der Waals surface area contributed by atoms with Crippen LogP contribution >= 0.6 is 0 Å². The molecule has 0 unspecified atom stereocenters. The fourth-order valence-electron chi connectivity index (χ4n) is 0.612. The smallest absolute Gasteiger partial charge is 0.105 e. The van der Waals surface area contributed by atoms with E-state index in [1.807, 2.05) is 27.7 Å². The van der Waals surface area contributed by atoms with Gasteiger partial charge in [-0.05, 0) is 11.8 Å². The quantitative estimate of drug-likeness (QED) is 0.496. The van der Waals surface area contributed by atoms with Crippen LogP contribution in [0.15, 0.2) is 0 Å². The molecule has 1 heteroatoms. The lowest BCUT2D eigenvalue weighted by molar-refractivity contribution is 0.158. The molecule has 0 nitrogen and oxygen atoms in total. The Morgan fingerprint density at radius 1 is 1.38 bits per heavy atom. The van der Waals surface area contributed by atoms with Crippen molar-refractivity contribution in [2.45, 2.75) is 40.3 Å². The minimum absolute atomic E-state index is 0.158. The lowest BCUT2D eigenvalue weighted by Gasteiger charge is -2.21. The van der Waals surface area contributed by atoms with E-state index in [9.17, 15) is 4.39 Å². The fraction of sp³-hybridized carbons (Fsp3) is 1.00. The molecule has 0 heterocycles. The van der Waals surface area contributed by atoms with Gasteiger partial charge >= 0.3 is 0 Å². The molecule has 0 saturated heterocycles. The SMILES string of the molecule is CC[C@@H](F)C(C)(C)C. The van der Waals surface area contributed by atoms with Gasteiger partial charge in [0.25, 0.3) is 0 Å². The summed E-state index contributed by atoms with van der Waals surface area (Å²) in [6, 6.07) is 0. The van der Waals surface area contributed by atoms with Gasteiger partial charge in [0.15, 0.2) is 0 Å². The number of alkyl halides is 1. The Bertz CT molecular complexity index is 61.3. The third-order valence-electron chi connectivity index (χ3n) is 1.30. The molecule has 0 aromatic rings. The van der Waals surface area contributed by atoms with Crippen molar-refractivity contribution in [1.29, 1.82) is 0 Å². The van der Waals surface area contributed by atoms with Crippen LogP contribution in [-0.2, 0) is 0 Å². The molecule has 0 N–H and O–H groups in total. The van der Waals surface area contributed by atoms with Crippen LogP contribution in [0.3, 0.4) is 0 Å². The molecule has 0 aromatic carbocycles. The van der Waals surface area contributed by atoms with E-state index in [4.69, 9.17) is 0 Å². The Morgan fingerprint density at radius 3 is 1.75 bits per heavy atom. The van der Waals surface area contributed by atoms with E-state index in [0.717, 1.165) is 0 Å². The molecule has 0 aliphatic carbocycles. The summed E-state index contributed by atoms with van der Waals surface area (Å²) in [6.45, 7) is 7.62. The van der Waals surface area contributed by atoms with Crippen molar-refractivity contribution in [3.63, 3.8) is 0 Å². The molecule has 0 fully saturated rings. The first-order valence-corrected chi connectivity index (χ1v) is 3.12. The van der Waals surface area contributed by atoms with Crippen molar-refractivity contribution in [3.05, 3.63) is 0 Å². The van der Waals surface area contributed by atoms with E-state index in [0.29, 0.717) is 6.42 Å². The molecule has 0 spiro atoms. The molecule has 8 heavy (non-hydrogen) atoms. The summed E-state index contributed by atoms with van der Waals surface area (Å²) in [5.41, 5.74) is -0.158. The second-order valence-corrected chi connectivity index (χ2v) is 3.24. The van der Waals surface area contributed by atoms with Gasteiger partial charge in [-0.2, -0.15) is 0 Å². The maximum atomic E-state index is 12.6. The Labute approximate surface area is 51.1 Å². The first-order valence-electron chi connectivity index (χ1n) is 3.12. The summed E-state index contributed by atoms with van der Waals surface area (Å²) in [6.07, 6.45) is -0.0220. The standard InChI is InChI=1S/C7H15F/c1-5-6(8)7(2,3)4/h6H,5H2,1-4H3/t6-/m1/s1. The van der Waals surface area contributed by atoms with Crippen molar-refractivity contribution in [1.82, 2.24) is 0 Å². The van der Waals surface area contributed by atoms with Crippen LogP contribution in [0.25, 0.3) is 0 Å². The second kappa shape index (κ2) is 2.47. The Balaban J connectivity index is 3.62. The maximum Gasteiger partial charge on any atom is 0.105 e. The molecular formula is C7H15F. The third-order valence-corrected chi connectivity index (χ3v) is 1.30. The molecule has 0 aromatic heterocycles. The van der Waals surface area contributed by atoms with Gasteiger partial charge in [0.05, 0.1) is 0 Å². The zero-order valence-electron chi connectivity index (χ0n) is 6.16. The van der Waals surface area contributed by atoms with Crippen molar-refractivity contribution < 1.29 is 4.39 Å². The van der Waals surface area contributed by atoms with Crippen LogP contribution in [0.5, 0.6) is 0 Å². The normalized spacial score (nSPS) is 16.1. The van der Waals surface area contributed by atoms with Gasteiger partial charge in [-0.15, -0.1) is 0 Å². The molecular weight excluding hydrogens is 103 g/mol. The first-order chi connectivity index (χ1) is 3.48. The molecule has 0 amide bonds. The third kappa shape index (κ3) is 2.29. The van der Waals surface area contributed by atoms with Crippen molar-refractivity contribution in [3.8, 4) is 0 Å². The molecule has 1 atom stereocenters. The van der Waals surface area contributed by atoms with Crippen LogP contribution in [0.1, 0.15) is 34.1 Å². The molecule has 0 aliphatic rings. The highest BCUT2D eigenvalue weighted by Gasteiger charge is 2.21. The lowest BCUT2D eigenvalue weighted by atomic mass is 9.89. The summed E-state index contributed by atoms with van der Waals surface area (Å²) in [5, 5.41) is 0. The molecule has 0 saturated carbocycles. The maximum absolute atomic E-state index is 12.6. The van der Waals surface area contributed by atoms with Crippen molar-refractivity contribution in [2.75, 3.05) is 0 Å². The van der Waals surface area contributed by atoms with Gasteiger partial charge in [-0.1, -0.05) is 27.7 Å². The number of rotatable bonds is 1. The van der Waals surface area contributed by atoms with Crippen LogP contribution in [0.2, 0.25) is 0 Å². The zero-order valence-corrected chi connectivity index (χ0v) is 6.16. The molecule has 0 aliphatic heterocycles. The predicted octanol–water partition coefficient (Wildman–Crippen LogP) is 2.78. The highest BCUT2D eigenvalue weighted by Crippen LogP contribution is 2.23. The fourth-order valence-corrected chi connectivity index (χ4v) is 0.612. The van der Waals surface area contributed by atoms with Crippen LogP contribution < -0.4 is 0 Å². The molecule has 50 valence electrons. The second-order valence-electron chi connectivity index (χ2n) is 3.24. The van der Waals surface area contributed by atoms with Gasteiger partial charge in [-0.3, -0.25) is 0 Å². The minimum Gasteiger partial charge on any atom is -0.247 e.